The van der Waals surface area contributed by atoms with Crippen molar-refractivity contribution >= 4 is 0 Å². The van der Waals surface area contributed by atoms with Gasteiger partial charge in [-0.2, -0.15) is 0 Å². The van der Waals surface area contributed by atoms with Crippen molar-refractivity contribution in [1.82, 2.24) is 0 Å². The van der Waals surface area contributed by atoms with Gasteiger partial charge in [-0.1, -0.05) is 92.4 Å². The van der Waals surface area contributed by atoms with Crippen molar-refractivity contribution in [3.63, 3.8) is 0 Å². The van der Waals surface area contributed by atoms with Crippen molar-refractivity contribution in [2.75, 3.05) is 0 Å². The molecule has 2 fully saturated rings. The van der Waals surface area contributed by atoms with Crippen LogP contribution in [-0.2, 0) is 0 Å². The highest BCUT2D eigenvalue weighted by Crippen LogP contribution is 2.31. The standard InChI is InChI=1S/C5H10.C4H8.2C3H8/c1-2-5-3-4-5;1-2-4-3-1;2*1-3-2/h5H,2-4H2,1H3;1-4H2;2*3H2,1-2H3. The quantitative estimate of drug-likeness (QED) is 0.487. The van der Waals surface area contributed by atoms with Crippen LogP contribution in [0.4, 0.5) is 0 Å². The normalized spacial score (nSPS) is 16.6. The Bertz CT molecular complexity index is 72.0. The maximum Gasteiger partial charge on any atom is -0.0417 e. The van der Waals surface area contributed by atoms with E-state index in [0.29, 0.717) is 0 Å². The van der Waals surface area contributed by atoms with Crippen molar-refractivity contribution in [3.8, 4) is 0 Å². The zero-order valence-corrected chi connectivity index (χ0v) is 11.9. The predicted molar refractivity (Wildman–Crippen MR) is 73.4 cm³/mol. The highest BCUT2D eigenvalue weighted by atomic mass is 14.2. The van der Waals surface area contributed by atoms with Crippen LogP contribution in [0.15, 0.2) is 0 Å². The zero-order valence-electron chi connectivity index (χ0n) is 11.9. The minimum Gasteiger partial charge on any atom is -0.0656 e. The minimum atomic E-state index is 1.13. The Labute approximate surface area is 98.9 Å². The summed E-state index contributed by atoms with van der Waals surface area (Å²) in [6, 6.07) is 0. The molecule has 0 heteroatoms. The Hall–Kier alpha value is 0. The molecule has 2 saturated carbocycles. The van der Waals surface area contributed by atoms with E-state index in [4.69, 9.17) is 0 Å². The van der Waals surface area contributed by atoms with Crippen molar-refractivity contribution < 1.29 is 0 Å². The first-order chi connectivity index (χ1) is 7.26. The number of rotatable bonds is 1. The summed E-state index contributed by atoms with van der Waals surface area (Å²) >= 11 is 0. The van der Waals surface area contributed by atoms with E-state index in [1.54, 1.807) is 0 Å². The molecule has 0 N–H and O–H groups in total. The molecule has 0 aromatic heterocycles. The molecule has 0 radical (unpaired) electrons. The molecular weight excluding hydrogens is 180 g/mol. The largest absolute Gasteiger partial charge is 0.0656 e. The molecule has 15 heavy (non-hydrogen) atoms. The van der Waals surface area contributed by atoms with Crippen molar-refractivity contribution in [2.24, 2.45) is 5.92 Å². The monoisotopic (exact) mass is 214 g/mol. The van der Waals surface area contributed by atoms with Gasteiger partial charge in [0.2, 0.25) is 0 Å². The van der Waals surface area contributed by atoms with Gasteiger partial charge in [-0.05, 0) is 5.92 Å². The summed E-state index contributed by atoms with van der Waals surface area (Å²) in [6.07, 6.45) is 12.9. The van der Waals surface area contributed by atoms with Crippen molar-refractivity contribution in [2.45, 2.75) is 92.4 Å². The first-order valence-electron chi connectivity index (χ1n) is 7.26. The number of hydrogen-bond donors (Lipinski definition) is 0. The third-order valence-corrected chi connectivity index (χ3v) is 2.27. The second-order valence-corrected chi connectivity index (χ2v) is 4.68. The highest BCUT2D eigenvalue weighted by Gasteiger charge is 2.17. The lowest BCUT2D eigenvalue weighted by atomic mass is 10.0. The van der Waals surface area contributed by atoms with Gasteiger partial charge in [0.15, 0.2) is 0 Å². The van der Waals surface area contributed by atoms with Gasteiger partial charge >= 0.3 is 0 Å². The summed E-state index contributed by atoms with van der Waals surface area (Å²) in [4.78, 5) is 0. The topological polar surface area (TPSA) is 0 Å². The maximum atomic E-state index is 2.26. The fraction of sp³-hybridized carbons (Fsp3) is 1.00. The molecular formula is C15H34. The Morgan fingerprint density at radius 3 is 0.933 bits per heavy atom. The van der Waals surface area contributed by atoms with Crippen LogP contribution in [0, 0.1) is 5.92 Å². The molecule has 0 nitrogen and oxygen atoms in total. The first-order valence-corrected chi connectivity index (χ1v) is 7.26. The predicted octanol–water partition coefficient (Wildman–Crippen LogP) is 6.20. The molecule has 0 unspecified atom stereocenters. The lowest BCUT2D eigenvalue weighted by Crippen LogP contribution is -1.85. The van der Waals surface area contributed by atoms with E-state index >= 15 is 0 Å². The fourth-order valence-corrected chi connectivity index (χ4v) is 0.776. The van der Waals surface area contributed by atoms with Gasteiger partial charge < -0.3 is 0 Å². The van der Waals surface area contributed by atoms with Gasteiger partial charge in [0.1, 0.15) is 0 Å². The lowest BCUT2D eigenvalue weighted by molar-refractivity contribution is 0.504. The second-order valence-electron chi connectivity index (χ2n) is 4.68. The Balaban J connectivity index is 0. The van der Waals surface area contributed by atoms with E-state index in [-0.39, 0.29) is 0 Å². The Kier molecular flexibility index (Phi) is 19.1. The third kappa shape index (κ3) is 24.9. The first kappa shape index (κ1) is 17.4. The molecule has 0 spiro atoms. The molecule has 2 aliphatic carbocycles. The molecule has 2 aliphatic rings. The van der Waals surface area contributed by atoms with Crippen molar-refractivity contribution in [1.29, 1.82) is 0 Å². The molecule has 0 aromatic rings. The average Bonchev–Trinajstić information content (AvgIpc) is 2.85. The molecule has 2 rings (SSSR count). The third-order valence-electron chi connectivity index (χ3n) is 2.27. The molecule has 0 bridgehead atoms. The van der Waals surface area contributed by atoms with Crippen LogP contribution in [0.25, 0.3) is 0 Å². The smallest absolute Gasteiger partial charge is 0.0417 e. The second kappa shape index (κ2) is 16.4. The molecule has 0 heterocycles. The summed E-state index contributed by atoms with van der Waals surface area (Å²) in [5.74, 6) is 1.13. The SMILES string of the molecule is C1CCC1.CCC.CCC.CCC1CC1. The van der Waals surface area contributed by atoms with E-state index in [0.717, 1.165) is 5.92 Å². The van der Waals surface area contributed by atoms with E-state index < -0.39 is 0 Å². The average molecular weight is 214 g/mol. The van der Waals surface area contributed by atoms with Gasteiger partial charge in [-0.15, -0.1) is 0 Å². The summed E-state index contributed by atoms with van der Waals surface area (Å²) in [5.41, 5.74) is 0. The van der Waals surface area contributed by atoms with E-state index in [2.05, 4.69) is 34.6 Å². The summed E-state index contributed by atoms with van der Waals surface area (Å²) in [5, 5.41) is 0. The lowest BCUT2D eigenvalue weighted by Gasteiger charge is -2.05. The molecule has 0 amide bonds. The molecule has 0 atom stereocenters. The van der Waals surface area contributed by atoms with Gasteiger partial charge in [-0.3, -0.25) is 0 Å². The summed E-state index contributed by atoms with van der Waals surface area (Å²) in [6.45, 7) is 10.8. The van der Waals surface area contributed by atoms with Gasteiger partial charge in [0.25, 0.3) is 0 Å². The van der Waals surface area contributed by atoms with Crippen molar-refractivity contribution in [3.05, 3.63) is 0 Å². The Morgan fingerprint density at radius 2 is 0.933 bits per heavy atom. The Morgan fingerprint density at radius 1 is 0.667 bits per heavy atom. The molecule has 0 aliphatic heterocycles. The van der Waals surface area contributed by atoms with Gasteiger partial charge in [0.05, 0.1) is 0 Å². The van der Waals surface area contributed by atoms with Crippen LogP contribution in [-0.4, -0.2) is 0 Å². The van der Waals surface area contributed by atoms with Crippen LogP contribution >= 0.6 is 0 Å². The van der Waals surface area contributed by atoms with Crippen LogP contribution < -0.4 is 0 Å². The van der Waals surface area contributed by atoms with Crippen LogP contribution in [0.5, 0.6) is 0 Å². The molecule has 94 valence electrons. The van der Waals surface area contributed by atoms with Gasteiger partial charge in [0, 0.05) is 0 Å². The van der Waals surface area contributed by atoms with Crippen LogP contribution in [0.2, 0.25) is 0 Å². The van der Waals surface area contributed by atoms with Crippen LogP contribution in [0.3, 0.4) is 0 Å². The van der Waals surface area contributed by atoms with E-state index in [1.807, 2.05) is 0 Å². The highest BCUT2D eigenvalue weighted by molar-refractivity contribution is 4.69. The van der Waals surface area contributed by atoms with Crippen LogP contribution in [0.1, 0.15) is 92.4 Å². The summed E-state index contributed by atoms with van der Waals surface area (Å²) < 4.78 is 0. The molecule has 0 aromatic carbocycles. The maximum absolute atomic E-state index is 2.26. The zero-order chi connectivity index (χ0) is 11.9. The van der Waals surface area contributed by atoms with E-state index in [1.165, 1.54) is 57.8 Å². The summed E-state index contributed by atoms with van der Waals surface area (Å²) in [7, 11) is 0. The van der Waals surface area contributed by atoms with Gasteiger partial charge in [-0.25, -0.2) is 0 Å². The molecule has 0 saturated heterocycles. The van der Waals surface area contributed by atoms with E-state index in [9.17, 15) is 0 Å². The number of hydrogen-bond acceptors (Lipinski definition) is 0. The minimum absolute atomic E-state index is 1.13. The fourth-order valence-electron chi connectivity index (χ4n) is 0.776.